The quantitative estimate of drug-likeness (QED) is 0.461. The van der Waals surface area contributed by atoms with E-state index >= 15 is 0 Å². The van der Waals surface area contributed by atoms with Crippen LogP contribution < -0.4 is 0 Å². The van der Waals surface area contributed by atoms with E-state index in [-0.39, 0.29) is 10.8 Å². The van der Waals surface area contributed by atoms with Gasteiger partial charge in [-0.25, -0.2) is 4.79 Å². The smallest absolute Gasteiger partial charge is 0.333 e. The Balaban J connectivity index is 1.81. The molecule has 0 radical (unpaired) electrons. The van der Waals surface area contributed by atoms with E-state index in [0.29, 0.717) is 23.8 Å². The molecule has 3 rings (SSSR count). The number of hydrogen-bond acceptors (Lipinski definition) is 4. The van der Waals surface area contributed by atoms with Crippen molar-refractivity contribution in [2.75, 3.05) is 0 Å². The maximum atomic E-state index is 11.5. The molecule has 1 aliphatic heterocycles. The number of cyclic esters (lactones) is 1. The first-order valence-corrected chi connectivity index (χ1v) is 11.2. The van der Waals surface area contributed by atoms with Crippen LogP contribution in [0.5, 0.6) is 0 Å². The van der Waals surface area contributed by atoms with E-state index < -0.39 is 18.4 Å². The predicted octanol–water partition coefficient (Wildman–Crippen LogP) is 5.06. The molecule has 0 spiro atoms. The number of esters is 1. The Morgan fingerprint density at radius 2 is 2.14 bits per heavy atom. The summed E-state index contributed by atoms with van der Waals surface area (Å²) in [5.74, 6) is 0.288. The maximum Gasteiger partial charge on any atom is 0.333 e. The summed E-state index contributed by atoms with van der Waals surface area (Å²) in [6.07, 6.45) is 10.1. The van der Waals surface area contributed by atoms with Crippen molar-refractivity contribution in [1.29, 1.82) is 0 Å². The van der Waals surface area contributed by atoms with Crippen molar-refractivity contribution in [3.63, 3.8) is 0 Å². The van der Waals surface area contributed by atoms with Crippen molar-refractivity contribution in [1.82, 2.24) is 0 Å². The van der Waals surface area contributed by atoms with Crippen LogP contribution in [0, 0.1) is 22.7 Å². The molecule has 4 nitrogen and oxygen atoms in total. The summed E-state index contributed by atoms with van der Waals surface area (Å²) in [5, 5.41) is 20.9. The van der Waals surface area contributed by atoms with Crippen LogP contribution in [0.25, 0.3) is 0 Å². The number of carbonyl (C=O) groups is 1. The van der Waals surface area contributed by atoms with Crippen LogP contribution in [0.1, 0.15) is 79.1 Å². The molecule has 1 heterocycles. The maximum absolute atomic E-state index is 11.5. The summed E-state index contributed by atoms with van der Waals surface area (Å²) in [6, 6.07) is 0. The van der Waals surface area contributed by atoms with Crippen LogP contribution in [-0.4, -0.2) is 28.6 Å². The summed E-state index contributed by atoms with van der Waals surface area (Å²) in [5.41, 5.74) is 3.27. The van der Waals surface area contributed by atoms with Gasteiger partial charge in [0.05, 0.1) is 6.10 Å². The molecule has 0 unspecified atom stereocenters. The Morgan fingerprint density at radius 1 is 1.41 bits per heavy atom. The highest BCUT2D eigenvalue weighted by Crippen LogP contribution is 2.59. The third-order valence-corrected chi connectivity index (χ3v) is 8.05. The van der Waals surface area contributed by atoms with Crippen LogP contribution >= 0.6 is 0 Å². The molecule has 0 aromatic heterocycles. The van der Waals surface area contributed by atoms with Crippen LogP contribution in [0.4, 0.5) is 0 Å². The number of aliphatic hydroxyl groups excluding tert-OH is 2. The van der Waals surface area contributed by atoms with Gasteiger partial charge in [-0.15, -0.1) is 6.58 Å². The monoisotopic (exact) mass is 402 g/mol. The van der Waals surface area contributed by atoms with E-state index in [4.69, 9.17) is 4.74 Å². The van der Waals surface area contributed by atoms with Gasteiger partial charge in [0.15, 0.2) is 0 Å². The molecule has 4 heteroatoms. The van der Waals surface area contributed by atoms with E-state index in [2.05, 4.69) is 40.3 Å². The van der Waals surface area contributed by atoms with Crippen molar-refractivity contribution in [2.45, 2.75) is 91.5 Å². The number of aliphatic hydroxyl groups is 2. The molecule has 0 aromatic carbocycles. The zero-order valence-electron chi connectivity index (χ0n) is 18.5. The van der Waals surface area contributed by atoms with Crippen LogP contribution in [0.3, 0.4) is 0 Å². The second kappa shape index (κ2) is 8.39. The minimum Gasteiger partial charge on any atom is -0.429 e. The lowest BCUT2D eigenvalue weighted by Gasteiger charge is -2.54. The highest BCUT2D eigenvalue weighted by Gasteiger charge is 2.50. The van der Waals surface area contributed by atoms with Gasteiger partial charge in [0.1, 0.15) is 0 Å². The van der Waals surface area contributed by atoms with Crippen LogP contribution in [-0.2, 0) is 9.53 Å². The predicted molar refractivity (Wildman–Crippen MR) is 115 cm³/mol. The second-order valence-electron chi connectivity index (χ2n) is 10.3. The summed E-state index contributed by atoms with van der Waals surface area (Å²) < 4.78 is 4.79. The van der Waals surface area contributed by atoms with Gasteiger partial charge in [0.2, 0.25) is 6.29 Å². The molecule has 29 heavy (non-hydrogen) atoms. The van der Waals surface area contributed by atoms with Gasteiger partial charge in [-0.3, -0.25) is 0 Å². The van der Waals surface area contributed by atoms with Gasteiger partial charge < -0.3 is 14.9 Å². The number of fused-ring (bicyclic) bond motifs is 1. The van der Waals surface area contributed by atoms with E-state index in [1.54, 1.807) is 5.57 Å². The van der Waals surface area contributed by atoms with Gasteiger partial charge in [-0.05, 0) is 74.5 Å². The Bertz CT molecular complexity index is 720. The lowest BCUT2D eigenvalue weighted by atomic mass is 9.50. The zero-order valence-corrected chi connectivity index (χ0v) is 18.5. The third kappa shape index (κ3) is 4.39. The summed E-state index contributed by atoms with van der Waals surface area (Å²) in [7, 11) is 0. The number of allylic oxidation sites excluding steroid dienone is 3. The summed E-state index contributed by atoms with van der Waals surface area (Å²) in [6.45, 7) is 13.1. The van der Waals surface area contributed by atoms with E-state index in [9.17, 15) is 15.0 Å². The lowest BCUT2D eigenvalue weighted by Crippen LogP contribution is -2.46. The molecule has 0 bridgehead atoms. The number of carbonyl (C=O) groups excluding carboxylic acids is 1. The molecule has 0 aromatic rings. The van der Waals surface area contributed by atoms with Crippen molar-refractivity contribution in [3.8, 4) is 0 Å². The minimum atomic E-state index is -1.31. The van der Waals surface area contributed by atoms with Crippen molar-refractivity contribution in [2.24, 2.45) is 22.7 Å². The number of ether oxygens (including phenoxy) is 1. The fraction of sp³-hybridized carbons (Fsp3) is 0.720. The van der Waals surface area contributed by atoms with Crippen LogP contribution in [0.15, 0.2) is 35.5 Å². The first kappa shape index (κ1) is 22.3. The van der Waals surface area contributed by atoms with Gasteiger partial charge in [0, 0.05) is 11.6 Å². The number of hydrogen-bond donors (Lipinski definition) is 2. The highest BCUT2D eigenvalue weighted by molar-refractivity contribution is 5.85. The summed E-state index contributed by atoms with van der Waals surface area (Å²) >= 11 is 0. The fourth-order valence-corrected chi connectivity index (χ4v) is 6.01. The third-order valence-electron chi connectivity index (χ3n) is 8.05. The molecular weight excluding hydrogens is 364 g/mol. The molecule has 2 N–H and O–H groups in total. The van der Waals surface area contributed by atoms with E-state index in [1.165, 1.54) is 37.3 Å². The molecule has 2 aliphatic carbocycles. The Labute approximate surface area is 175 Å². The van der Waals surface area contributed by atoms with Gasteiger partial charge >= 0.3 is 5.97 Å². The molecule has 6 atom stereocenters. The van der Waals surface area contributed by atoms with E-state index in [0.717, 1.165) is 19.3 Å². The first-order valence-electron chi connectivity index (χ1n) is 11.2. The molecule has 0 amide bonds. The molecular formula is C25H38O4. The Kier molecular flexibility index (Phi) is 6.45. The zero-order chi connectivity index (χ0) is 21.4. The van der Waals surface area contributed by atoms with Crippen molar-refractivity contribution < 1.29 is 19.7 Å². The minimum absolute atomic E-state index is 0.0776. The molecule has 162 valence electrons. The molecule has 1 saturated carbocycles. The fourth-order valence-electron chi connectivity index (χ4n) is 6.01. The van der Waals surface area contributed by atoms with Crippen molar-refractivity contribution >= 4 is 5.97 Å². The largest absolute Gasteiger partial charge is 0.429 e. The summed E-state index contributed by atoms with van der Waals surface area (Å²) in [4.78, 5) is 11.5. The Morgan fingerprint density at radius 3 is 2.76 bits per heavy atom. The average Bonchev–Trinajstić information content (AvgIpc) is 2.97. The average molecular weight is 403 g/mol. The standard InChI is InChI=1S/C25H38O4/c1-16(2)8-6-12-24(4)13-7-9-20-19(24)11-10-17(3)25(20,5)15-21(26)18-14-22(27)29-23(18)28/h11,14,17,20-21,23,26,28H,1,6-10,12-13,15H2,2-5H3/t17-,20-,21+,23-,24+,25+/m1/s1. The SMILES string of the molecule is C=C(C)CCC[C@@]1(C)CCC[C@@H]2C1=CC[C@@H](C)[C@]2(C)C[C@H](O)C1=CC(=O)O[C@H]1O. The molecule has 0 saturated heterocycles. The van der Waals surface area contributed by atoms with Gasteiger partial charge in [0.25, 0.3) is 0 Å². The lowest BCUT2D eigenvalue weighted by molar-refractivity contribution is -0.152. The van der Waals surface area contributed by atoms with Crippen molar-refractivity contribution in [3.05, 3.63) is 35.5 Å². The number of rotatable bonds is 7. The molecule has 3 aliphatic rings. The van der Waals surface area contributed by atoms with E-state index in [1.807, 2.05) is 0 Å². The molecule has 1 fully saturated rings. The van der Waals surface area contributed by atoms with Crippen LogP contribution in [0.2, 0.25) is 0 Å². The topological polar surface area (TPSA) is 66.8 Å². The Hall–Kier alpha value is -1.39. The second-order valence-corrected chi connectivity index (χ2v) is 10.3. The normalized spacial score (nSPS) is 38.0. The highest BCUT2D eigenvalue weighted by atomic mass is 16.6. The first-order chi connectivity index (χ1) is 13.6. The van der Waals surface area contributed by atoms with Gasteiger partial charge in [-0.2, -0.15) is 0 Å². The van der Waals surface area contributed by atoms with Gasteiger partial charge in [-0.1, -0.05) is 44.4 Å².